The number of nitrogens with zero attached hydrogens (tertiary/aromatic N) is 1. The van der Waals surface area contributed by atoms with Gasteiger partial charge in [-0.1, -0.05) is 37.6 Å². The SMILES string of the molecule is CCNC(=NCc1ccc(COCC(F)(F)F)cc1)NC1CCCC(S(=O)CC)C1. The lowest BCUT2D eigenvalue weighted by Crippen LogP contribution is -2.46. The smallest absolute Gasteiger partial charge is 0.367 e. The van der Waals surface area contributed by atoms with E-state index in [4.69, 9.17) is 0 Å². The standard InChI is InChI=1S/C21H32F3N3O2S/c1-3-25-20(27-18-6-5-7-19(12-18)30(28)4-2)26-13-16-8-10-17(11-9-16)14-29-15-21(22,23)24/h8-11,18-19H,3-7,12-15H2,1-2H3,(H2,25,26,27). The van der Waals surface area contributed by atoms with Crippen molar-refractivity contribution >= 4 is 16.8 Å². The van der Waals surface area contributed by atoms with Gasteiger partial charge < -0.3 is 15.4 Å². The van der Waals surface area contributed by atoms with Gasteiger partial charge in [0.1, 0.15) is 6.61 Å². The molecule has 0 bridgehead atoms. The Morgan fingerprint density at radius 2 is 1.90 bits per heavy atom. The fraction of sp³-hybridized carbons (Fsp3) is 0.667. The highest BCUT2D eigenvalue weighted by molar-refractivity contribution is 7.85. The maximum atomic E-state index is 12.1. The van der Waals surface area contributed by atoms with Crippen LogP contribution in [0.3, 0.4) is 0 Å². The van der Waals surface area contributed by atoms with Crippen molar-refractivity contribution in [1.82, 2.24) is 10.6 Å². The number of guanidine groups is 1. The van der Waals surface area contributed by atoms with Crippen molar-refractivity contribution in [1.29, 1.82) is 0 Å². The molecule has 0 amide bonds. The van der Waals surface area contributed by atoms with E-state index in [1.165, 1.54) is 0 Å². The Hall–Kier alpha value is -1.61. The molecule has 2 N–H and O–H groups in total. The highest BCUT2D eigenvalue weighted by Crippen LogP contribution is 2.23. The second kappa shape index (κ2) is 12.3. The number of benzene rings is 1. The van der Waals surface area contributed by atoms with E-state index in [2.05, 4.69) is 20.4 Å². The van der Waals surface area contributed by atoms with E-state index < -0.39 is 23.6 Å². The molecule has 1 aromatic carbocycles. The van der Waals surface area contributed by atoms with Gasteiger partial charge in [-0.25, -0.2) is 4.99 Å². The normalized spacial score (nSPS) is 21.3. The number of ether oxygens (including phenoxy) is 1. The van der Waals surface area contributed by atoms with Crippen LogP contribution in [0.15, 0.2) is 29.3 Å². The topological polar surface area (TPSA) is 62.7 Å². The molecule has 9 heteroatoms. The molecule has 0 heterocycles. The number of halogens is 3. The van der Waals surface area contributed by atoms with E-state index in [1.807, 2.05) is 26.0 Å². The van der Waals surface area contributed by atoms with Crippen molar-refractivity contribution < 1.29 is 22.1 Å². The number of aliphatic imine (C=N–C) groups is 1. The first kappa shape index (κ1) is 24.7. The Balaban J connectivity index is 1.88. The summed E-state index contributed by atoms with van der Waals surface area (Å²) in [4.78, 5) is 4.63. The minimum Gasteiger partial charge on any atom is -0.367 e. The minimum atomic E-state index is -4.31. The molecule has 170 valence electrons. The molecule has 0 aromatic heterocycles. The van der Waals surface area contributed by atoms with Crippen LogP contribution in [0.1, 0.15) is 50.7 Å². The maximum absolute atomic E-state index is 12.1. The largest absolute Gasteiger partial charge is 0.411 e. The zero-order valence-corrected chi connectivity index (χ0v) is 18.5. The Kier molecular flexibility index (Phi) is 10.1. The molecule has 1 aliphatic rings. The maximum Gasteiger partial charge on any atom is 0.411 e. The molecule has 2 rings (SSSR count). The summed E-state index contributed by atoms with van der Waals surface area (Å²) in [7, 11) is -0.769. The number of nitrogens with one attached hydrogen (secondary N) is 2. The molecule has 3 unspecified atom stereocenters. The summed E-state index contributed by atoms with van der Waals surface area (Å²) >= 11 is 0. The van der Waals surface area contributed by atoms with Crippen LogP contribution < -0.4 is 10.6 Å². The molecule has 0 saturated heterocycles. The van der Waals surface area contributed by atoms with Gasteiger partial charge in [-0.15, -0.1) is 0 Å². The van der Waals surface area contributed by atoms with Crippen molar-refractivity contribution in [3.8, 4) is 0 Å². The molecule has 1 saturated carbocycles. The molecule has 3 atom stereocenters. The van der Waals surface area contributed by atoms with Gasteiger partial charge in [-0.05, 0) is 37.3 Å². The summed E-state index contributed by atoms with van der Waals surface area (Å²) in [5.41, 5.74) is 1.65. The van der Waals surface area contributed by atoms with E-state index in [0.717, 1.165) is 43.8 Å². The van der Waals surface area contributed by atoms with Crippen LogP contribution in [0.2, 0.25) is 0 Å². The summed E-state index contributed by atoms with van der Waals surface area (Å²) in [6.07, 6.45) is -0.309. The van der Waals surface area contributed by atoms with E-state index in [0.29, 0.717) is 17.9 Å². The van der Waals surface area contributed by atoms with Gasteiger partial charge in [0, 0.05) is 34.4 Å². The van der Waals surface area contributed by atoms with E-state index >= 15 is 0 Å². The Bertz CT molecular complexity index is 696. The van der Waals surface area contributed by atoms with Crippen molar-refractivity contribution in [2.75, 3.05) is 18.9 Å². The third-order valence-electron chi connectivity index (χ3n) is 4.94. The predicted molar refractivity (Wildman–Crippen MR) is 115 cm³/mol. The van der Waals surface area contributed by atoms with E-state index in [9.17, 15) is 17.4 Å². The monoisotopic (exact) mass is 447 g/mol. The average molecular weight is 448 g/mol. The lowest BCUT2D eigenvalue weighted by Gasteiger charge is -2.30. The quantitative estimate of drug-likeness (QED) is 0.445. The molecule has 0 radical (unpaired) electrons. The lowest BCUT2D eigenvalue weighted by molar-refractivity contribution is -0.176. The average Bonchev–Trinajstić information content (AvgIpc) is 2.72. The molecule has 0 aliphatic heterocycles. The fourth-order valence-corrected chi connectivity index (χ4v) is 4.81. The molecule has 1 aromatic rings. The predicted octanol–water partition coefficient (Wildman–Crippen LogP) is 3.90. The Labute approximate surface area is 179 Å². The number of hydrogen-bond acceptors (Lipinski definition) is 3. The highest BCUT2D eigenvalue weighted by Gasteiger charge is 2.27. The van der Waals surface area contributed by atoms with Gasteiger partial charge in [-0.2, -0.15) is 13.2 Å². The zero-order chi connectivity index (χ0) is 22.0. The summed E-state index contributed by atoms with van der Waals surface area (Å²) in [5.74, 6) is 1.42. The highest BCUT2D eigenvalue weighted by atomic mass is 32.2. The molecular weight excluding hydrogens is 415 g/mol. The number of hydrogen-bond donors (Lipinski definition) is 2. The van der Waals surface area contributed by atoms with Gasteiger partial charge in [0.25, 0.3) is 0 Å². The van der Waals surface area contributed by atoms with E-state index in [1.54, 1.807) is 12.1 Å². The number of rotatable bonds is 9. The first-order chi connectivity index (χ1) is 14.3. The van der Waals surface area contributed by atoms with Crippen LogP contribution in [-0.2, 0) is 28.7 Å². The summed E-state index contributed by atoms with van der Waals surface area (Å²) < 4.78 is 53.3. The van der Waals surface area contributed by atoms with Crippen molar-refractivity contribution in [3.63, 3.8) is 0 Å². The van der Waals surface area contributed by atoms with Crippen LogP contribution in [0, 0.1) is 0 Å². The van der Waals surface area contributed by atoms with Crippen LogP contribution in [0.5, 0.6) is 0 Å². The van der Waals surface area contributed by atoms with Gasteiger partial charge in [0.2, 0.25) is 0 Å². The Morgan fingerprint density at radius 3 is 2.53 bits per heavy atom. The van der Waals surface area contributed by atoms with Crippen LogP contribution >= 0.6 is 0 Å². The fourth-order valence-electron chi connectivity index (χ4n) is 3.46. The summed E-state index contributed by atoms with van der Waals surface area (Å²) in [6.45, 7) is 3.84. The lowest BCUT2D eigenvalue weighted by atomic mass is 9.95. The van der Waals surface area contributed by atoms with Gasteiger partial charge in [-0.3, -0.25) is 4.21 Å². The van der Waals surface area contributed by atoms with Crippen LogP contribution in [0.25, 0.3) is 0 Å². The minimum absolute atomic E-state index is 0.0742. The van der Waals surface area contributed by atoms with Crippen molar-refractivity contribution in [2.45, 2.75) is 70.2 Å². The first-order valence-corrected chi connectivity index (χ1v) is 11.8. The van der Waals surface area contributed by atoms with Gasteiger partial charge in [0.15, 0.2) is 5.96 Å². The Morgan fingerprint density at radius 1 is 1.20 bits per heavy atom. The second-order valence-corrected chi connectivity index (χ2v) is 9.42. The molecule has 0 spiro atoms. The number of alkyl halides is 3. The second-order valence-electron chi connectivity index (χ2n) is 7.42. The molecule has 1 aliphatic carbocycles. The molecule has 1 fully saturated rings. The summed E-state index contributed by atoms with van der Waals surface area (Å²) in [6, 6.07) is 7.46. The third kappa shape index (κ3) is 9.04. The first-order valence-electron chi connectivity index (χ1n) is 10.4. The molecule has 30 heavy (non-hydrogen) atoms. The van der Waals surface area contributed by atoms with Crippen LogP contribution in [0.4, 0.5) is 13.2 Å². The third-order valence-corrected chi connectivity index (χ3v) is 6.69. The summed E-state index contributed by atoms with van der Waals surface area (Å²) in [5, 5.41) is 6.96. The molecular formula is C21H32F3N3O2S. The van der Waals surface area contributed by atoms with Gasteiger partial charge in [0.05, 0.1) is 13.2 Å². The van der Waals surface area contributed by atoms with Crippen molar-refractivity contribution in [3.05, 3.63) is 35.4 Å². The van der Waals surface area contributed by atoms with Crippen LogP contribution in [-0.4, -0.2) is 46.5 Å². The molecule has 5 nitrogen and oxygen atoms in total. The van der Waals surface area contributed by atoms with E-state index in [-0.39, 0.29) is 17.9 Å². The van der Waals surface area contributed by atoms with Gasteiger partial charge >= 0.3 is 6.18 Å². The van der Waals surface area contributed by atoms with Crippen molar-refractivity contribution in [2.24, 2.45) is 4.99 Å². The zero-order valence-electron chi connectivity index (χ0n) is 17.6.